The minimum Gasteiger partial charge on any atom is -0.352 e. The zero-order chi connectivity index (χ0) is 26.8. The largest absolute Gasteiger partial charge is 0.352 e. The Morgan fingerprint density at radius 3 is 2.42 bits per heavy atom. The summed E-state index contributed by atoms with van der Waals surface area (Å²) < 4.78 is 16.3. The first-order valence-electron chi connectivity index (χ1n) is 12.6. The molecule has 1 amide bonds. The van der Waals surface area contributed by atoms with Crippen molar-refractivity contribution in [3.05, 3.63) is 113 Å². The van der Waals surface area contributed by atoms with Crippen LogP contribution in [0.5, 0.6) is 0 Å². The monoisotopic (exact) mass is 527 g/mol. The van der Waals surface area contributed by atoms with Crippen LogP contribution in [0.4, 0.5) is 10.1 Å². The van der Waals surface area contributed by atoms with Crippen molar-refractivity contribution in [3.8, 4) is 5.69 Å². The quantitative estimate of drug-likeness (QED) is 0.292. The number of hydrogen-bond donors (Lipinski definition) is 2. The number of nitrogens with one attached hydrogen (secondary N) is 2. The molecule has 0 saturated carbocycles. The van der Waals surface area contributed by atoms with Gasteiger partial charge in [-0.3, -0.25) is 9.78 Å². The fraction of sp³-hybridized carbons (Fsp3) is 0.233. The van der Waals surface area contributed by atoms with Crippen molar-refractivity contribution >= 4 is 28.9 Å². The molecule has 1 fully saturated rings. The van der Waals surface area contributed by atoms with E-state index in [4.69, 9.17) is 12.2 Å². The van der Waals surface area contributed by atoms with Gasteiger partial charge in [-0.25, -0.2) is 4.39 Å². The molecule has 1 saturated heterocycles. The van der Waals surface area contributed by atoms with Crippen molar-refractivity contribution in [2.24, 2.45) is 0 Å². The van der Waals surface area contributed by atoms with Gasteiger partial charge in [0, 0.05) is 41.8 Å². The van der Waals surface area contributed by atoms with Gasteiger partial charge in [0.2, 0.25) is 5.91 Å². The molecule has 0 bridgehead atoms. The van der Waals surface area contributed by atoms with Crippen LogP contribution in [0.3, 0.4) is 0 Å². The maximum absolute atomic E-state index is 14.1. The summed E-state index contributed by atoms with van der Waals surface area (Å²) in [5.74, 6) is -0.735. The number of rotatable bonds is 7. The van der Waals surface area contributed by atoms with Gasteiger partial charge in [-0.15, -0.1) is 0 Å². The highest BCUT2D eigenvalue weighted by Crippen LogP contribution is 2.43. The number of benzene rings is 2. The van der Waals surface area contributed by atoms with E-state index in [0.717, 1.165) is 28.3 Å². The standard InChI is InChI=1S/C30H30FN5OS/c1-19-20(2)36(22-11-5-4-6-12-22)21(3)27(19)29-28(25-15-9-10-17-32-25)34-30(38)35(29)18-16-26(37)33-24-14-8-7-13-23(24)31/h4-15,17,28-29H,16,18H2,1-3H3,(H,33,37)(H,34,38)/t28-,29-/m1/s1. The van der Waals surface area contributed by atoms with Crippen LogP contribution < -0.4 is 10.6 Å². The second-order valence-corrected chi connectivity index (χ2v) is 9.87. The molecule has 2 aromatic carbocycles. The highest BCUT2D eigenvalue weighted by Gasteiger charge is 2.42. The third kappa shape index (κ3) is 4.79. The number of halogens is 1. The minimum atomic E-state index is -0.462. The van der Waals surface area contributed by atoms with E-state index < -0.39 is 5.82 Å². The van der Waals surface area contributed by atoms with E-state index in [1.165, 1.54) is 11.6 Å². The predicted octanol–water partition coefficient (Wildman–Crippen LogP) is 5.94. The molecule has 38 heavy (non-hydrogen) atoms. The molecule has 2 N–H and O–H groups in total. The molecular weight excluding hydrogens is 497 g/mol. The topological polar surface area (TPSA) is 62.2 Å². The third-order valence-corrected chi connectivity index (χ3v) is 7.60. The van der Waals surface area contributed by atoms with Gasteiger partial charge in [0.1, 0.15) is 5.82 Å². The van der Waals surface area contributed by atoms with Crippen molar-refractivity contribution < 1.29 is 9.18 Å². The van der Waals surface area contributed by atoms with Crippen LogP contribution in [0.2, 0.25) is 0 Å². The molecule has 1 aliphatic heterocycles. The van der Waals surface area contributed by atoms with Crippen LogP contribution in [-0.4, -0.2) is 32.0 Å². The Balaban J connectivity index is 1.50. The summed E-state index contributed by atoms with van der Waals surface area (Å²) in [5.41, 5.74) is 6.74. The summed E-state index contributed by atoms with van der Waals surface area (Å²) in [6.45, 7) is 6.76. The molecule has 0 radical (unpaired) electrons. The number of hydrogen-bond acceptors (Lipinski definition) is 3. The third-order valence-electron chi connectivity index (χ3n) is 7.24. The molecule has 8 heteroatoms. The van der Waals surface area contributed by atoms with Gasteiger partial charge in [-0.05, 0) is 75.0 Å². The van der Waals surface area contributed by atoms with E-state index >= 15 is 0 Å². The Kier molecular flexibility index (Phi) is 7.24. The Bertz CT molecular complexity index is 1470. The van der Waals surface area contributed by atoms with E-state index in [0.29, 0.717) is 11.7 Å². The maximum atomic E-state index is 14.1. The van der Waals surface area contributed by atoms with E-state index in [2.05, 4.69) is 58.0 Å². The van der Waals surface area contributed by atoms with Crippen LogP contribution in [0.1, 0.15) is 46.7 Å². The van der Waals surface area contributed by atoms with Gasteiger partial charge >= 0.3 is 0 Å². The molecule has 2 aromatic heterocycles. The lowest BCUT2D eigenvalue weighted by Gasteiger charge is -2.29. The van der Waals surface area contributed by atoms with Crippen LogP contribution >= 0.6 is 12.2 Å². The van der Waals surface area contributed by atoms with Gasteiger partial charge in [0.05, 0.1) is 23.5 Å². The van der Waals surface area contributed by atoms with Gasteiger partial charge in [0.15, 0.2) is 5.11 Å². The molecule has 0 aliphatic carbocycles. The average molecular weight is 528 g/mol. The van der Waals surface area contributed by atoms with Crippen molar-refractivity contribution in [2.75, 3.05) is 11.9 Å². The number of aromatic nitrogens is 2. The summed E-state index contributed by atoms with van der Waals surface area (Å²) in [6, 6.07) is 21.9. The number of pyridine rings is 1. The Morgan fingerprint density at radius 2 is 1.71 bits per heavy atom. The second-order valence-electron chi connectivity index (χ2n) is 9.48. The SMILES string of the molecule is Cc1c([C@@H]2[C@@H](c3ccccn3)NC(=S)N2CCC(=O)Nc2ccccc2F)c(C)n(-c2ccccc2)c1C. The van der Waals surface area contributed by atoms with Crippen LogP contribution in [0.15, 0.2) is 79.0 Å². The molecule has 2 atom stereocenters. The van der Waals surface area contributed by atoms with Gasteiger partial charge in [-0.1, -0.05) is 36.4 Å². The number of anilines is 1. The fourth-order valence-electron chi connectivity index (χ4n) is 5.36. The smallest absolute Gasteiger partial charge is 0.226 e. The Labute approximate surface area is 227 Å². The van der Waals surface area contributed by atoms with Crippen LogP contribution in [0, 0.1) is 26.6 Å². The van der Waals surface area contributed by atoms with Crippen LogP contribution in [0.25, 0.3) is 5.69 Å². The zero-order valence-electron chi connectivity index (χ0n) is 21.6. The molecule has 0 unspecified atom stereocenters. The summed E-state index contributed by atoms with van der Waals surface area (Å²) in [6.07, 6.45) is 1.93. The van der Waals surface area contributed by atoms with Gasteiger partial charge in [0.25, 0.3) is 0 Å². The summed E-state index contributed by atoms with van der Waals surface area (Å²) in [7, 11) is 0. The summed E-state index contributed by atoms with van der Waals surface area (Å²) >= 11 is 5.81. The van der Waals surface area contributed by atoms with Crippen molar-refractivity contribution in [1.82, 2.24) is 19.8 Å². The molecule has 5 rings (SSSR count). The van der Waals surface area contributed by atoms with Crippen molar-refractivity contribution in [1.29, 1.82) is 0 Å². The van der Waals surface area contributed by atoms with Crippen molar-refractivity contribution in [3.63, 3.8) is 0 Å². The summed E-state index contributed by atoms with van der Waals surface area (Å²) in [4.78, 5) is 19.5. The first-order valence-corrected chi connectivity index (χ1v) is 13.0. The number of thiocarbonyl (C=S) groups is 1. The number of nitrogens with zero attached hydrogens (tertiary/aromatic N) is 3. The molecule has 4 aromatic rings. The highest BCUT2D eigenvalue weighted by atomic mass is 32.1. The van der Waals surface area contributed by atoms with E-state index in [1.807, 2.05) is 36.4 Å². The molecule has 6 nitrogen and oxygen atoms in total. The lowest BCUT2D eigenvalue weighted by atomic mass is 9.93. The molecular formula is C30H30FN5OS. The fourth-order valence-corrected chi connectivity index (χ4v) is 5.70. The predicted molar refractivity (Wildman–Crippen MR) is 152 cm³/mol. The second kappa shape index (κ2) is 10.8. The molecule has 1 aliphatic rings. The minimum absolute atomic E-state index is 0.151. The van der Waals surface area contributed by atoms with E-state index in [1.54, 1.807) is 24.4 Å². The van der Waals surface area contributed by atoms with E-state index in [-0.39, 0.29) is 30.1 Å². The van der Waals surface area contributed by atoms with Crippen LogP contribution in [-0.2, 0) is 4.79 Å². The van der Waals surface area contributed by atoms with E-state index in [9.17, 15) is 9.18 Å². The zero-order valence-corrected chi connectivity index (χ0v) is 22.4. The van der Waals surface area contributed by atoms with Gasteiger partial charge < -0.3 is 20.1 Å². The summed E-state index contributed by atoms with van der Waals surface area (Å²) in [5, 5.41) is 6.71. The van der Waals surface area contributed by atoms with Crippen molar-refractivity contribution in [2.45, 2.75) is 39.3 Å². The maximum Gasteiger partial charge on any atom is 0.226 e. The van der Waals surface area contributed by atoms with Gasteiger partial charge in [-0.2, -0.15) is 0 Å². The Morgan fingerprint density at radius 1 is 1.00 bits per heavy atom. The lowest BCUT2D eigenvalue weighted by molar-refractivity contribution is -0.116. The number of amides is 1. The number of carbonyl (C=O) groups is 1. The Hall–Kier alpha value is -4.04. The normalized spacial score (nSPS) is 16.9. The lowest BCUT2D eigenvalue weighted by Crippen LogP contribution is -2.33. The number of carbonyl (C=O) groups excluding carboxylic acids is 1. The average Bonchev–Trinajstić information content (AvgIpc) is 3.36. The molecule has 194 valence electrons. The molecule has 0 spiro atoms. The molecule has 3 heterocycles. The number of para-hydroxylation sites is 2. The highest BCUT2D eigenvalue weighted by molar-refractivity contribution is 7.80. The first-order chi connectivity index (χ1) is 18.4. The first kappa shape index (κ1) is 25.6.